The van der Waals surface area contributed by atoms with Crippen LogP contribution in [0.3, 0.4) is 0 Å². The normalized spacial score (nSPS) is 11.9. The van der Waals surface area contributed by atoms with E-state index in [1.807, 2.05) is 54.6 Å². The number of fused-ring (bicyclic) bond motifs is 1. The molecular formula is C22H23NO2. The third-order valence-corrected chi connectivity index (χ3v) is 4.09. The van der Waals surface area contributed by atoms with E-state index in [4.69, 9.17) is 4.74 Å². The minimum Gasteiger partial charge on any atom is -0.491 e. The zero-order valence-electron chi connectivity index (χ0n) is 14.2. The Kier molecular flexibility index (Phi) is 5.70. The Labute approximate surface area is 148 Å². The monoisotopic (exact) mass is 333 g/mol. The number of aliphatic hydroxyl groups excluding tert-OH is 1. The Hall–Kier alpha value is -2.78. The lowest BCUT2D eigenvalue weighted by Crippen LogP contribution is -2.26. The van der Waals surface area contributed by atoms with E-state index in [0.29, 0.717) is 6.54 Å². The molecule has 0 amide bonds. The van der Waals surface area contributed by atoms with Crippen molar-refractivity contribution >= 4 is 16.5 Å². The van der Waals surface area contributed by atoms with Crippen molar-refractivity contribution in [3.8, 4) is 5.75 Å². The highest BCUT2D eigenvalue weighted by molar-refractivity contribution is 5.93. The van der Waals surface area contributed by atoms with E-state index in [-0.39, 0.29) is 6.61 Å². The lowest BCUT2D eigenvalue weighted by Gasteiger charge is -2.16. The van der Waals surface area contributed by atoms with Gasteiger partial charge in [0.15, 0.2) is 0 Å². The molecule has 0 aliphatic carbocycles. The maximum absolute atomic E-state index is 10.3. The predicted octanol–water partition coefficient (Wildman–Crippen LogP) is 4.42. The Morgan fingerprint density at radius 1 is 1.00 bits per heavy atom. The zero-order chi connectivity index (χ0) is 17.5. The van der Waals surface area contributed by atoms with Crippen LogP contribution in [0.15, 0.2) is 79.4 Å². The molecule has 3 aromatic rings. The summed E-state index contributed by atoms with van der Waals surface area (Å²) < 4.78 is 5.79. The van der Waals surface area contributed by atoms with Crippen LogP contribution in [0.25, 0.3) is 10.8 Å². The van der Waals surface area contributed by atoms with Gasteiger partial charge in [0.1, 0.15) is 18.5 Å². The van der Waals surface area contributed by atoms with Crippen molar-refractivity contribution in [3.05, 3.63) is 84.9 Å². The first-order chi connectivity index (χ1) is 12.3. The standard InChI is InChI=1S/C22H23NO2/c1-2-8-18-10-4-6-14-22(18)25-16-19(24)15-23-21-13-7-11-17-9-3-5-12-20(17)21/h2-7,9-14,19,23-24H,1,8,15-16H2. The molecule has 0 fully saturated rings. The second-order valence-corrected chi connectivity index (χ2v) is 5.97. The Morgan fingerprint density at radius 2 is 1.76 bits per heavy atom. The maximum Gasteiger partial charge on any atom is 0.122 e. The van der Waals surface area contributed by atoms with E-state index in [1.165, 1.54) is 5.39 Å². The van der Waals surface area contributed by atoms with Crippen LogP contribution in [0.5, 0.6) is 5.75 Å². The fourth-order valence-electron chi connectivity index (χ4n) is 2.82. The van der Waals surface area contributed by atoms with Crippen LogP contribution in [-0.2, 0) is 6.42 Å². The highest BCUT2D eigenvalue weighted by Crippen LogP contribution is 2.23. The minimum absolute atomic E-state index is 0.242. The van der Waals surface area contributed by atoms with Crippen LogP contribution in [0, 0.1) is 0 Å². The predicted molar refractivity (Wildman–Crippen MR) is 104 cm³/mol. The first kappa shape index (κ1) is 17.1. The first-order valence-electron chi connectivity index (χ1n) is 8.49. The molecule has 3 nitrogen and oxygen atoms in total. The molecule has 0 aromatic heterocycles. The van der Waals surface area contributed by atoms with Gasteiger partial charge in [0.05, 0.1) is 0 Å². The molecule has 0 bridgehead atoms. The number of benzene rings is 3. The summed E-state index contributed by atoms with van der Waals surface area (Å²) in [5.41, 5.74) is 2.09. The molecule has 0 spiro atoms. The molecule has 3 rings (SSSR count). The maximum atomic E-state index is 10.3. The third-order valence-electron chi connectivity index (χ3n) is 4.09. The number of aliphatic hydroxyl groups is 1. The van der Waals surface area contributed by atoms with Crippen molar-refractivity contribution in [2.45, 2.75) is 12.5 Å². The summed E-state index contributed by atoms with van der Waals surface area (Å²) in [6, 6.07) is 22.2. The highest BCUT2D eigenvalue weighted by Gasteiger charge is 2.08. The SMILES string of the molecule is C=CCc1ccccc1OCC(O)CNc1cccc2ccccc12. The summed E-state index contributed by atoms with van der Waals surface area (Å²) in [5.74, 6) is 0.798. The summed E-state index contributed by atoms with van der Waals surface area (Å²) in [7, 11) is 0. The number of allylic oxidation sites excluding steroid dienone is 1. The molecule has 0 saturated carbocycles. The average Bonchev–Trinajstić information content (AvgIpc) is 2.66. The molecule has 1 unspecified atom stereocenters. The van der Waals surface area contributed by atoms with E-state index in [0.717, 1.165) is 28.8 Å². The van der Waals surface area contributed by atoms with E-state index in [9.17, 15) is 5.11 Å². The number of hydrogen-bond acceptors (Lipinski definition) is 3. The number of ether oxygens (including phenoxy) is 1. The number of nitrogens with one attached hydrogen (secondary N) is 1. The van der Waals surface area contributed by atoms with Crippen LogP contribution in [0.2, 0.25) is 0 Å². The highest BCUT2D eigenvalue weighted by atomic mass is 16.5. The van der Waals surface area contributed by atoms with Gasteiger partial charge in [-0.25, -0.2) is 0 Å². The van der Waals surface area contributed by atoms with Gasteiger partial charge < -0.3 is 15.2 Å². The van der Waals surface area contributed by atoms with Crippen molar-refractivity contribution < 1.29 is 9.84 Å². The molecule has 25 heavy (non-hydrogen) atoms. The van der Waals surface area contributed by atoms with Gasteiger partial charge in [-0.2, -0.15) is 0 Å². The molecule has 3 aromatic carbocycles. The van der Waals surface area contributed by atoms with Gasteiger partial charge in [-0.3, -0.25) is 0 Å². The molecule has 0 heterocycles. The van der Waals surface area contributed by atoms with Crippen LogP contribution in [0.4, 0.5) is 5.69 Å². The minimum atomic E-state index is -0.601. The zero-order valence-corrected chi connectivity index (χ0v) is 14.2. The number of rotatable bonds is 8. The van der Waals surface area contributed by atoms with Gasteiger partial charge in [0, 0.05) is 17.6 Å². The Morgan fingerprint density at radius 3 is 2.64 bits per heavy atom. The molecule has 0 aliphatic rings. The number of para-hydroxylation sites is 1. The van der Waals surface area contributed by atoms with Crippen LogP contribution < -0.4 is 10.1 Å². The fourth-order valence-corrected chi connectivity index (χ4v) is 2.82. The molecule has 2 N–H and O–H groups in total. The first-order valence-corrected chi connectivity index (χ1v) is 8.49. The van der Waals surface area contributed by atoms with Crippen molar-refractivity contribution in [1.82, 2.24) is 0 Å². The van der Waals surface area contributed by atoms with Crippen molar-refractivity contribution in [3.63, 3.8) is 0 Å². The van der Waals surface area contributed by atoms with Gasteiger partial charge >= 0.3 is 0 Å². The van der Waals surface area contributed by atoms with Crippen molar-refractivity contribution in [2.75, 3.05) is 18.5 Å². The topological polar surface area (TPSA) is 41.5 Å². The van der Waals surface area contributed by atoms with Crippen LogP contribution >= 0.6 is 0 Å². The lowest BCUT2D eigenvalue weighted by atomic mass is 10.1. The van der Waals surface area contributed by atoms with E-state index < -0.39 is 6.10 Å². The fraction of sp³-hybridized carbons (Fsp3) is 0.182. The second-order valence-electron chi connectivity index (χ2n) is 5.97. The largest absolute Gasteiger partial charge is 0.491 e. The average molecular weight is 333 g/mol. The smallest absolute Gasteiger partial charge is 0.122 e. The van der Waals surface area contributed by atoms with Gasteiger partial charge in [-0.05, 0) is 29.5 Å². The number of anilines is 1. The summed E-state index contributed by atoms with van der Waals surface area (Å²) in [6.07, 6.45) is 2.00. The number of hydrogen-bond donors (Lipinski definition) is 2. The van der Waals surface area contributed by atoms with E-state index >= 15 is 0 Å². The van der Waals surface area contributed by atoms with Crippen molar-refractivity contribution in [2.24, 2.45) is 0 Å². The van der Waals surface area contributed by atoms with Crippen molar-refractivity contribution in [1.29, 1.82) is 0 Å². The van der Waals surface area contributed by atoms with Gasteiger partial charge in [0.25, 0.3) is 0 Å². The summed E-state index contributed by atoms with van der Waals surface area (Å²) in [5, 5.41) is 15.9. The molecule has 3 heteroatoms. The second kappa shape index (κ2) is 8.36. The molecular weight excluding hydrogens is 310 g/mol. The summed E-state index contributed by atoms with van der Waals surface area (Å²) >= 11 is 0. The van der Waals surface area contributed by atoms with Gasteiger partial charge in [0.2, 0.25) is 0 Å². The van der Waals surface area contributed by atoms with Crippen LogP contribution in [-0.4, -0.2) is 24.4 Å². The Bertz CT molecular complexity index is 839. The molecule has 1 atom stereocenters. The quantitative estimate of drug-likeness (QED) is 0.600. The third kappa shape index (κ3) is 4.40. The van der Waals surface area contributed by atoms with E-state index in [2.05, 4.69) is 30.1 Å². The van der Waals surface area contributed by atoms with Crippen LogP contribution in [0.1, 0.15) is 5.56 Å². The Balaban J connectivity index is 1.58. The summed E-state index contributed by atoms with van der Waals surface area (Å²) in [4.78, 5) is 0. The molecule has 0 radical (unpaired) electrons. The van der Waals surface area contributed by atoms with Gasteiger partial charge in [-0.15, -0.1) is 6.58 Å². The summed E-state index contributed by atoms with van der Waals surface area (Å²) in [6.45, 7) is 4.44. The lowest BCUT2D eigenvalue weighted by molar-refractivity contribution is 0.117. The van der Waals surface area contributed by atoms with E-state index in [1.54, 1.807) is 0 Å². The van der Waals surface area contributed by atoms with Gasteiger partial charge in [-0.1, -0.05) is 60.7 Å². The molecule has 0 aliphatic heterocycles. The molecule has 0 saturated heterocycles. The molecule has 128 valence electrons.